The van der Waals surface area contributed by atoms with Crippen LogP contribution in [0.15, 0.2) is 24.3 Å². The standard InChI is InChI=1S/C12H14N2O2/c1-2-9(7-13)12(16)14-11-6-4-3-5-10(11)8-15/h3-6,9,15H,2,8H2,1H3,(H,14,16). The van der Waals surface area contributed by atoms with Crippen molar-refractivity contribution in [2.45, 2.75) is 20.0 Å². The molecule has 1 unspecified atom stereocenters. The summed E-state index contributed by atoms with van der Waals surface area (Å²) in [6, 6.07) is 8.91. The zero-order valence-electron chi connectivity index (χ0n) is 9.10. The summed E-state index contributed by atoms with van der Waals surface area (Å²) in [6.07, 6.45) is 0.476. The van der Waals surface area contributed by atoms with Crippen LogP contribution in [0.2, 0.25) is 0 Å². The number of amides is 1. The van der Waals surface area contributed by atoms with Gasteiger partial charge in [0.1, 0.15) is 5.92 Å². The highest BCUT2D eigenvalue weighted by Crippen LogP contribution is 2.16. The molecule has 1 atom stereocenters. The highest BCUT2D eigenvalue weighted by Gasteiger charge is 2.16. The average Bonchev–Trinajstić information content (AvgIpc) is 2.31. The van der Waals surface area contributed by atoms with E-state index in [0.717, 1.165) is 0 Å². The number of rotatable bonds is 4. The van der Waals surface area contributed by atoms with Crippen molar-refractivity contribution in [1.82, 2.24) is 0 Å². The van der Waals surface area contributed by atoms with Gasteiger partial charge in [-0.25, -0.2) is 0 Å². The summed E-state index contributed by atoms with van der Waals surface area (Å²) in [6.45, 7) is 1.64. The van der Waals surface area contributed by atoms with E-state index in [1.165, 1.54) is 0 Å². The molecule has 0 aliphatic heterocycles. The Kier molecular flexibility index (Phi) is 4.49. The molecule has 0 saturated carbocycles. The summed E-state index contributed by atoms with van der Waals surface area (Å²) >= 11 is 0. The first-order chi connectivity index (χ1) is 7.72. The molecule has 0 spiro atoms. The van der Waals surface area contributed by atoms with E-state index >= 15 is 0 Å². The fraction of sp³-hybridized carbons (Fsp3) is 0.333. The van der Waals surface area contributed by atoms with Crippen LogP contribution in [0, 0.1) is 17.2 Å². The van der Waals surface area contributed by atoms with Gasteiger partial charge in [0, 0.05) is 11.3 Å². The van der Waals surface area contributed by atoms with Gasteiger partial charge in [-0.3, -0.25) is 4.79 Å². The summed E-state index contributed by atoms with van der Waals surface area (Å²) in [5.74, 6) is -0.974. The third kappa shape index (κ3) is 2.81. The summed E-state index contributed by atoms with van der Waals surface area (Å²) in [4.78, 5) is 11.6. The third-order valence-corrected chi connectivity index (χ3v) is 2.33. The second-order valence-electron chi connectivity index (χ2n) is 3.39. The smallest absolute Gasteiger partial charge is 0.241 e. The van der Waals surface area contributed by atoms with Crippen molar-refractivity contribution in [2.24, 2.45) is 5.92 Å². The number of aliphatic hydroxyl groups excluding tert-OH is 1. The predicted octanol–water partition coefficient (Wildman–Crippen LogP) is 1.67. The maximum absolute atomic E-state index is 11.6. The maximum Gasteiger partial charge on any atom is 0.241 e. The number of nitriles is 1. The monoisotopic (exact) mass is 218 g/mol. The SMILES string of the molecule is CCC(C#N)C(=O)Nc1ccccc1CO. The number of aliphatic hydroxyl groups is 1. The van der Waals surface area contributed by atoms with Gasteiger partial charge < -0.3 is 10.4 Å². The Morgan fingerprint density at radius 2 is 2.25 bits per heavy atom. The minimum atomic E-state index is -0.647. The van der Waals surface area contributed by atoms with Crippen LogP contribution in [-0.2, 0) is 11.4 Å². The number of hydrogen-bond acceptors (Lipinski definition) is 3. The molecule has 0 aliphatic rings. The highest BCUT2D eigenvalue weighted by molar-refractivity contribution is 5.94. The molecule has 1 aromatic rings. The van der Waals surface area contributed by atoms with Crippen molar-refractivity contribution in [1.29, 1.82) is 5.26 Å². The molecule has 0 heterocycles. The quantitative estimate of drug-likeness (QED) is 0.807. The van der Waals surface area contributed by atoms with Crippen LogP contribution in [0.25, 0.3) is 0 Å². The largest absolute Gasteiger partial charge is 0.392 e. The molecule has 0 radical (unpaired) electrons. The second kappa shape index (κ2) is 5.89. The van der Waals surface area contributed by atoms with E-state index in [4.69, 9.17) is 10.4 Å². The first-order valence-electron chi connectivity index (χ1n) is 5.12. The van der Waals surface area contributed by atoms with Crippen molar-refractivity contribution < 1.29 is 9.90 Å². The molecule has 1 rings (SSSR count). The van der Waals surface area contributed by atoms with Crippen LogP contribution in [0.3, 0.4) is 0 Å². The van der Waals surface area contributed by atoms with Gasteiger partial charge in [0.25, 0.3) is 0 Å². The van der Waals surface area contributed by atoms with Crippen molar-refractivity contribution in [3.63, 3.8) is 0 Å². The topological polar surface area (TPSA) is 73.1 Å². The Morgan fingerprint density at radius 1 is 1.56 bits per heavy atom. The summed E-state index contributed by atoms with van der Waals surface area (Å²) in [7, 11) is 0. The molecule has 0 aliphatic carbocycles. The van der Waals surface area contributed by atoms with E-state index in [1.807, 2.05) is 6.07 Å². The lowest BCUT2D eigenvalue weighted by Gasteiger charge is -2.11. The van der Waals surface area contributed by atoms with Crippen LogP contribution in [0.4, 0.5) is 5.69 Å². The number of nitrogens with one attached hydrogen (secondary N) is 1. The first kappa shape index (κ1) is 12.2. The van der Waals surface area contributed by atoms with Crippen LogP contribution in [0.1, 0.15) is 18.9 Å². The highest BCUT2D eigenvalue weighted by atomic mass is 16.3. The number of hydrogen-bond donors (Lipinski definition) is 2. The van der Waals surface area contributed by atoms with Crippen molar-refractivity contribution in [3.05, 3.63) is 29.8 Å². The first-order valence-corrected chi connectivity index (χ1v) is 5.12. The van der Waals surface area contributed by atoms with Crippen LogP contribution >= 0.6 is 0 Å². The fourth-order valence-electron chi connectivity index (χ4n) is 1.34. The molecule has 4 heteroatoms. The summed E-state index contributed by atoms with van der Waals surface area (Å²) in [5, 5.41) is 20.5. The van der Waals surface area contributed by atoms with E-state index in [9.17, 15) is 4.79 Å². The minimum Gasteiger partial charge on any atom is -0.392 e. The normalized spacial score (nSPS) is 11.6. The molecule has 0 bridgehead atoms. The van der Waals surface area contributed by atoms with E-state index in [1.54, 1.807) is 31.2 Å². The van der Waals surface area contributed by atoms with Gasteiger partial charge >= 0.3 is 0 Å². The number of anilines is 1. The molecule has 2 N–H and O–H groups in total. The zero-order valence-corrected chi connectivity index (χ0v) is 9.10. The molecule has 0 aromatic heterocycles. The number of para-hydroxylation sites is 1. The summed E-state index contributed by atoms with van der Waals surface area (Å²) in [5.41, 5.74) is 1.20. The average molecular weight is 218 g/mol. The number of nitrogens with zero attached hydrogens (tertiary/aromatic N) is 1. The van der Waals surface area contributed by atoms with Crippen molar-refractivity contribution in [2.75, 3.05) is 5.32 Å². The molecular weight excluding hydrogens is 204 g/mol. The van der Waals surface area contributed by atoms with E-state index < -0.39 is 5.92 Å². The number of benzene rings is 1. The van der Waals surface area contributed by atoms with E-state index in [2.05, 4.69) is 5.32 Å². The Bertz CT molecular complexity index is 410. The predicted molar refractivity (Wildman–Crippen MR) is 60.4 cm³/mol. The van der Waals surface area contributed by atoms with E-state index in [0.29, 0.717) is 17.7 Å². The van der Waals surface area contributed by atoms with Gasteiger partial charge in [0.05, 0.1) is 12.7 Å². The van der Waals surface area contributed by atoms with Gasteiger partial charge in [-0.05, 0) is 12.5 Å². The van der Waals surface area contributed by atoms with Crippen LogP contribution < -0.4 is 5.32 Å². The van der Waals surface area contributed by atoms with Crippen LogP contribution in [0.5, 0.6) is 0 Å². The van der Waals surface area contributed by atoms with Gasteiger partial charge in [0.15, 0.2) is 0 Å². The maximum atomic E-state index is 11.6. The number of carbonyl (C=O) groups is 1. The molecule has 4 nitrogen and oxygen atoms in total. The Labute approximate surface area is 94.5 Å². The Balaban J connectivity index is 2.81. The van der Waals surface area contributed by atoms with E-state index in [-0.39, 0.29) is 12.5 Å². The molecule has 0 saturated heterocycles. The number of carbonyl (C=O) groups excluding carboxylic acids is 1. The Hall–Kier alpha value is -1.86. The molecule has 84 valence electrons. The fourth-order valence-corrected chi connectivity index (χ4v) is 1.34. The molecule has 1 amide bonds. The lowest BCUT2D eigenvalue weighted by atomic mass is 10.1. The van der Waals surface area contributed by atoms with Gasteiger partial charge in [-0.15, -0.1) is 0 Å². The molecule has 0 fully saturated rings. The van der Waals surface area contributed by atoms with Gasteiger partial charge in [0.2, 0.25) is 5.91 Å². The summed E-state index contributed by atoms with van der Waals surface area (Å²) < 4.78 is 0. The van der Waals surface area contributed by atoms with Crippen LogP contribution in [-0.4, -0.2) is 11.0 Å². The molecular formula is C12H14N2O2. The lowest BCUT2D eigenvalue weighted by molar-refractivity contribution is -0.118. The van der Waals surface area contributed by atoms with Gasteiger partial charge in [-0.1, -0.05) is 25.1 Å². The zero-order chi connectivity index (χ0) is 12.0. The third-order valence-electron chi connectivity index (χ3n) is 2.33. The molecule has 16 heavy (non-hydrogen) atoms. The molecule has 1 aromatic carbocycles. The second-order valence-corrected chi connectivity index (χ2v) is 3.39. The van der Waals surface area contributed by atoms with Gasteiger partial charge in [-0.2, -0.15) is 5.26 Å². The Morgan fingerprint density at radius 3 is 2.81 bits per heavy atom. The van der Waals surface area contributed by atoms with Crippen molar-refractivity contribution in [3.8, 4) is 6.07 Å². The van der Waals surface area contributed by atoms with Crippen molar-refractivity contribution >= 4 is 11.6 Å². The lowest BCUT2D eigenvalue weighted by Crippen LogP contribution is -2.21. The minimum absolute atomic E-state index is 0.139.